The molecule has 1 atom stereocenters. The molecule has 0 aliphatic carbocycles. The van der Waals surface area contributed by atoms with E-state index in [-0.39, 0.29) is 11.9 Å². The Morgan fingerprint density at radius 2 is 2.03 bits per heavy atom. The average molecular weight is 462 g/mol. The van der Waals surface area contributed by atoms with Gasteiger partial charge >= 0.3 is 0 Å². The van der Waals surface area contributed by atoms with E-state index in [0.717, 1.165) is 29.7 Å². The van der Waals surface area contributed by atoms with Crippen molar-refractivity contribution in [1.29, 1.82) is 0 Å². The number of anilines is 1. The second-order valence-corrected chi connectivity index (χ2v) is 9.05. The summed E-state index contributed by atoms with van der Waals surface area (Å²) in [6, 6.07) is 14.5. The Hall–Kier alpha value is -3.32. The average Bonchev–Trinajstić information content (AvgIpc) is 3.54. The number of aliphatic imine (C=N–C) groups is 1. The third kappa shape index (κ3) is 3.38. The lowest BCUT2D eigenvalue weighted by atomic mass is 10.1. The number of carbonyl (C=O) groups is 1. The highest BCUT2D eigenvalue weighted by Gasteiger charge is 2.42. The molecule has 168 valence electrons. The summed E-state index contributed by atoms with van der Waals surface area (Å²) in [5.74, 6) is 2.12. The molecular formula is C25H24ClN5O2. The Morgan fingerprint density at radius 1 is 1.18 bits per heavy atom. The maximum atomic E-state index is 13.5. The lowest BCUT2D eigenvalue weighted by Crippen LogP contribution is -2.50. The lowest BCUT2D eigenvalue weighted by Gasteiger charge is -2.33. The van der Waals surface area contributed by atoms with Crippen LogP contribution in [0, 0.1) is 0 Å². The molecule has 0 bridgehead atoms. The first-order chi connectivity index (χ1) is 16.1. The fourth-order valence-corrected chi connectivity index (χ4v) is 5.30. The summed E-state index contributed by atoms with van der Waals surface area (Å²) in [6.45, 7) is 4.42. The molecule has 0 unspecified atom stereocenters. The van der Waals surface area contributed by atoms with Crippen LogP contribution in [-0.4, -0.2) is 52.1 Å². The van der Waals surface area contributed by atoms with Crippen LogP contribution in [0.5, 0.6) is 5.75 Å². The molecule has 3 aliphatic rings. The Morgan fingerprint density at radius 3 is 2.85 bits per heavy atom. The standard InChI is InChI=1S/C25H24ClN5O2/c1-2-30-24(32)21-23(31-14-19(28-25(30)31)11-16-6-4-3-5-7-16)27-15-29(21)13-17-10-18-8-9-33-22(18)20(26)12-17/h3-7,10,12,15,19H,2,8-9,11,13-14H2,1H3/t19-/m1/s1. The first-order valence-corrected chi connectivity index (χ1v) is 11.7. The third-order valence-electron chi connectivity index (χ3n) is 6.48. The minimum absolute atomic E-state index is 0.0593. The number of rotatable bonds is 5. The summed E-state index contributed by atoms with van der Waals surface area (Å²) in [4.78, 5) is 26.9. The van der Waals surface area contributed by atoms with Gasteiger partial charge in [0.2, 0.25) is 5.96 Å². The van der Waals surface area contributed by atoms with Gasteiger partial charge in [0.05, 0.1) is 30.5 Å². The van der Waals surface area contributed by atoms with Crippen molar-refractivity contribution in [2.45, 2.75) is 32.4 Å². The summed E-state index contributed by atoms with van der Waals surface area (Å²) in [6.07, 6.45) is 3.43. The van der Waals surface area contributed by atoms with Crippen LogP contribution in [0.4, 0.5) is 5.82 Å². The number of halogens is 1. The molecule has 1 amide bonds. The molecule has 1 aromatic heterocycles. The number of fused-ring (bicyclic) bond motifs is 4. The quantitative estimate of drug-likeness (QED) is 0.580. The second kappa shape index (κ2) is 7.92. The topological polar surface area (TPSA) is 63.0 Å². The Bertz CT molecular complexity index is 1270. The molecule has 3 aliphatic heterocycles. The number of nitrogens with zero attached hydrogens (tertiary/aromatic N) is 5. The van der Waals surface area contributed by atoms with Gasteiger partial charge in [-0.05, 0) is 36.1 Å². The Kier molecular flexibility index (Phi) is 4.87. The van der Waals surface area contributed by atoms with Crippen molar-refractivity contribution in [3.05, 3.63) is 76.2 Å². The maximum Gasteiger partial charge on any atom is 0.281 e. The number of aromatic nitrogens is 2. The molecule has 0 N–H and O–H groups in total. The molecule has 0 saturated heterocycles. The molecule has 0 radical (unpaired) electrons. The normalized spacial score (nSPS) is 18.7. The largest absolute Gasteiger partial charge is 0.491 e. The van der Waals surface area contributed by atoms with Crippen molar-refractivity contribution >= 4 is 29.3 Å². The van der Waals surface area contributed by atoms with Gasteiger partial charge in [-0.15, -0.1) is 0 Å². The molecule has 33 heavy (non-hydrogen) atoms. The fraction of sp³-hybridized carbons (Fsp3) is 0.320. The van der Waals surface area contributed by atoms with E-state index in [0.29, 0.717) is 48.7 Å². The number of carbonyl (C=O) groups excluding carboxylic acids is 1. The first kappa shape index (κ1) is 20.3. The van der Waals surface area contributed by atoms with Gasteiger partial charge < -0.3 is 9.30 Å². The van der Waals surface area contributed by atoms with Crippen LogP contribution in [0.2, 0.25) is 5.02 Å². The molecule has 4 heterocycles. The van der Waals surface area contributed by atoms with E-state index >= 15 is 0 Å². The van der Waals surface area contributed by atoms with Crippen molar-refractivity contribution in [2.24, 2.45) is 4.99 Å². The summed E-state index contributed by atoms with van der Waals surface area (Å²) >= 11 is 6.44. The van der Waals surface area contributed by atoms with Crippen molar-refractivity contribution in [2.75, 3.05) is 24.6 Å². The number of hydrogen-bond acceptors (Lipinski definition) is 5. The van der Waals surface area contributed by atoms with Crippen LogP contribution in [0.3, 0.4) is 0 Å². The Balaban J connectivity index is 1.32. The van der Waals surface area contributed by atoms with E-state index in [2.05, 4.69) is 28.1 Å². The minimum Gasteiger partial charge on any atom is -0.491 e. The molecule has 0 saturated carbocycles. The van der Waals surface area contributed by atoms with Crippen LogP contribution < -0.4 is 9.64 Å². The molecule has 7 nitrogen and oxygen atoms in total. The van der Waals surface area contributed by atoms with E-state index in [9.17, 15) is 4.79 Å². The van der Waals surface area contributed by atoms with E-state index in [1.165, 1.54) is 5.56 Å². The monoisotopic (exact) mass is 461 g/mol. The van der Waals surface area contributed by atoms with Crippen LogP contribution in [0.1, 0.15) is 34.1 Å². The second-order valence-electron chi connectivity index (χ2n) is 8.64. The summed E-state index contributed by atoms with van der Waals surface area (Å²) in [5, 5.41) is 0.619. The van der Waals surface area contributed by atoms with Crippen LogP contribution in [0.15, 0.2) is 53.8 Å². The third-order valence-corrected chi connectivity index (χ3v) is 6.76. The number of amides is 1. The highest BCUT2D eigenvalue weighted by atomic mass is 35.5. The van der Waals surface area contributed by atoms with Gasteiger partial charge in [-0.25, -0.2) is 9.98 Å². The predicted octanol–water partition coefficient (Wildman–Crippen LogP) is 3.78. The van der Waals surface area contributed by atoms with Crippen molar-refractivity contribution < 1.29 is 9.53 Å². The van der Waals surface area contributed by atoms with Crippen molar-refractivity contribution in [3.8, 4) is 5.75 Å². The van der Waals surface area contributed by atoms with Gasteiger partial charge in [0.15, 0.2) is 11.5 Å². The highest BCUT2D eigenvalue weighted by molar-refractivity contribution is 6.32. The molecule has 3 aromatic rings. The molecule has 6 rings (SSSR count). The number of imidazole rings is 1. The van der Waals surface area contributed by atoms with E-state index in [4.69, 9.17) is 21.3 Å². The zero-order valence-corrected chi connectivity index (χ0v) is 19.1. The zero-order valence-electron chi connectivity index (χ0n) is 18.4. The molecule has 2 aromatic carbocycles. The molecular weight excluding hydrogens is 438 g/mol. The number of ether oxygens (including phenoxy) is 1. The van der Waals surface area contributed by atoms with Gasteiger partial charge in [-0.2, -0.15) is 0 Å². The zero-order chi connectivity index (χ0) is 22.5. The van der Waals surface area contributed by atoms with Gasteiger partial charge in [0, 0.05) is 19.5 Å². The van der Waals surface area contributed by atoms with Crippen molar-refractivity contribution in [3.63, 3.8) is 0 Å². The number of hydrogen-bond donors (Lipinski definition) is 0. The summed E-state index contributed by atoms with van der Waals surface area (Å²) in [7, 11) is 0. The summed E-state index contributed by atoms with van der Waals surface area (Å²) < 4.78 is 7.55. The van der Waals surface area contributed by atoms with Gasteiger partial charge in [-0.3, -0.25) is 14.6 Å². The van der Waals surface area contributed by atoms with Crippen molar-refractivity contribution in [1.82, 2.24) is 14.5 Å². The molecule has 0 spiro atoms. The van der Waals surface area contributed by atoms with Crippen LogP contribution in [0.25, 0.3) is 0 Å². The van der Waals surface area contributed by atoms with Gasteiger partial charge in [-0.1, -0.05) is 48.0 Å². The number of benzene rings is 2. The maximum absolute atomic E-state index is 13.5. The molecule has 8 heteroatoms. The number of guanidine groups is 1. The minimum atomic E-state index is -0.0593. The van der Waals surface area contributed by atoms with Gasteiger partial charge in [0.1, 0.15) is 5.75 Å². The fourth-order valence-electron chi connectivity index (χ4n) is 4.98. The van der Waals surface area contributed by atoms with Gasteiger partial charge in [0.25, 0.3) is 5.91 Å². The van der Waals surface area contributed by atoms with Crippen LogP contribution in [-0.2, 0) is 19.4 Å². The molecule has 0 fully saturated rings. The smallest absolute Gasteiger partial charge is 0.281 e. The van der Waals surface area contributed by atoms with Crippen LogP contribution >= 0.6 is 11.6 Å². The predicted molar refractivity (Wildman–Crippen MR) is 127 cm³/mol. The highest BCUT2D eigenvalue weighted by Crippen LogP contribution is 2.36. The Labute approximate surface area is 197 Å². The lowest BCUT2D eigenvalue weighted by molar-refractivity contribution is 0.0836. The van der Waals surface area contributed by atoms with E-state index in [1.807, 2.05) is 35.8 Å². The van der Waals surface area contributed by atoms with E-state index < -0.39 is 0 Å². The first-order valence-electron chi connectivity index (χ1n) is 11.3. The van der Waals surface area contributed by atoms with E-state index in [1.54, 1.807) is 11.2 Å². The summed E-state index contributed by atoms with van der Waals surface area (Å²) in [5.41, 5.74) is 3.99. The SMILES string of the molecule is CCN1C(=O)c2c(ncn2Cc2cc(Cl)c3c(c2)CCO3)N2C[C@@H](Cc3ccccc3)N=C12.